The quantitative estimate of drug-likeness (QED) is 0.869. The van der Waals surface area contributed by atoms with Gasteiger partial charge < -0.3 is 15.4 Å². The molecule has 3 rings (SSSR count). The first-order valence-corrected chi connectivity index (χ1v) is 8.39. The van der Waals surface area contributed by atoms with Crippen LogP contribution in [0.3, 0.4) is 0 Å². The summed E-state index contributed by atoms with van der Waals surface area (Å²) >= 11 is 5.30. The summed E-state index contributed by atoms with van der Waals surface area (Å²) in [6.07, 6.45) is 0. The van der Waals surface area contributed by atoms with Crippen LogP contribution in [0.4, 0.5) is 5.69 Å². The first-order chi connectivity index (χ1) is 10.2. The summed E-state index contributed by atoms with van der Waals surface area (Å²) in [6, 6.07) is 8.07. The Bertz CT molecular complexity index is 671. The lowest BCUT2D eigenvalue weighted by Crippen LogP contribution is -2.26. The van der Waals surface area contributed by atoms with Gasteiger partial charge in [-0.3, -0.25) is 4.79 Å². The van der Waals surface area contributed by atoms with E-state index in [1.807, 2.05) is 24.3 Å². The molecule has 0 saturated heterocycles. The summed E-state index contributed by atoms with van der Waals surface area (Å²) in [7, 11) is 0. The van der Waals surface area contributed by atoms with Crippen molar-refractivity contribution < 1.29 is 9.53 Å². The Labute approximate surface area is 135 Å². The van der Waals surface area contributed by atoms with E-state index in [4.69, 9.17) is 4.74 Å². The molecule has 2 aromatic rings. The van der Waals surface area contributed by atoms with Crippen molar-refractivity contribution >= 4 is 38.9 Å². The first-order valence-electron chi connectivity index (χ1n) is 6.72. The molecule has 0 fully saturated rings. The zero-order valence-electron chi connectivity index (χ0n) is 11.5. The highest BCUT2D eigenvalue weighted by Gasteiger charge is 2.21. The van der Waals surface area contributed by atoms with Gasteiger partial charge in [0.15, 0.2) is 6.61 Å². The van der Waals surface area contributed by atoms with Gasteiger partial charge >= 0.3 is 0 Å². The van der Waals surface area contributed by atoms with Gasteiger partial charge in [0.1, 0.15) is 5.75 Å². The first kappa shape index (κ1) is 14.6. The van der Waals surface area contributed by atoms with Crippen LogP contribution in [0, 0.1) is 0 Å². The summed E-state index contributed by atoms with van der Waals surface area (Å²) in [4.78, 5) is 12.7. The van der Waals surface area contributed by atoms with Gasteiger partial charge in [0.05, 0.1) is 11.7 Å². The summed E-state index contributed by atoms with van der Waals surface area (Å²) in [5.41, 5.74) is 1.84. The number of fused-ring (bicyclic) bond motifs is 1. The minimum atomic E-state index is -0.114. The monoisotopic (exact) mass is 366 g/mol. The SMILES string of the molecule is CCNC(c1ccc2c(c1)NC(=O)CO2)c1sccc1Br. The second kappa shape index (κ2) is 6.17. The van der Waals surface area contributed by atoms with E-state index in [2.05, 4.69) is 38.9 Å². The molecule has 1 amide bonds. The van der Waals surface area contributed by atoms with E-state index in [9.17, 15) is 4.79 Å². The fourth-order valence-corrected chi connectivity index (χ4v) is 4.06. The minimum absolute atomic E-state index is 0.0828. The number of benzene rings is 1. The molecular formula is C15H15BrN2O2S. The topological polar surface area (TPSA) is 50.4 Å². The summed E-state index contributed by atoms with van der Waals surface area (Å²) in [5.74, 6) is 0.607. The summed E-state index contributed by atoms with van der Waals surface area (Å²) in [6.45, 7) is 3.02. The van der Waals surface area contributed by atoms with E-state index < -0.39 is 0 Å². The highest BCUT2D eigenvalue weighted by atomic mass is 79.9. The van der Waals surface area contributed by atoms with E-state index in [0.29, 0.717) is 0 Å². The van der Waals surface area contributed by atoms with Gasteiger partial charge in [-0.2, -0.15) is 0 Å². The van der Waals surface area contributed by atoms with Crippen LogP contribution in [-0.2, 0) is 4.79 Å². The van der Waals surface area contributed by atoms with Crippen LogP contribution in [0.25, 0.3) is 0 Å². The van der Waals surface area contributed by atoms with Gasteiger partial charge in [0.25, 0.3) is 5.91 Å². The van der Waals surface area contributed by atoms with Crippen molar-refractivity contribution in [1.82, 2.24) is 5.32 Å². The lowest BCUT2D eigenvalue weighted by molar-refractivity contribution is -0.118. The molecule has 21 heavy (non-hydrogen) atoms. The Morgan fingerprint density at radius 3 is 3.05 bits per heavy atom. The van der Waals surface area contributed by atoms with Crippen LogP contribution < -0.4 is 15.4 Å². The molecule has 1 aliphatic rings. The van der Waals surface area contributed by atoms with Crippen molar-refractivity contribution in [2.45, 2.75) is 13.0 Å². The Morgan fingerprint density at radius 1 is 1.48 bits per heavy atom. The largest absolute Gasteiger partial charge is 0.482 e. The molecule has 1 atom stereocenters. The second-order valence-electron chi connectivity index (χ2n) is 4.72. The third-order valence-corrected chi connectivity index (χ3v) is 5.22. The maximum atomic E-state index is 11.5. The fourth-order valence-electron chi connectivity index (χ4n) is 2.36. The lowest BCUT2D eigenvalue weighted by Gasteiger charge is -2.22. The smallest absolute Gasteiger partial charge is 0.262 e. The molecule has 1 aliphatic heterocycles. The predicted octanol–water partition coefficient (Wildman–Crippen LogP) is 3.54. The maximum Gasteiger partial charge on any atom is 0.262 e. The van der Waals surface area contributed by atoms with Gasteiger partial charge in [-0.05, 0) is 51.6 Å². The van der Waals surface area contributed by atoms with Gasteiger partial charge in [-0.15, -0.1) is 11.3 Å². The normalized spacial score (nSPS) is 15.0. The van der Waals surface area contributed by atoms with E-state index in [1.165, 1.54) is 4.88 Å². The number of hydrogen-bond acceptors (Lipinski definition) is 4. The van der Waals surface area contributed by atoms with Crippen LogP contribution in [-0.4, -0.2) is 19.1 Å². The predicted molar refractivity (Wildman–Crippen MR) is 88.1 cm³/mol. The van der Waals surface area contributed by atoms with Crippen LogP contribution in [0.15, 0.2) is 34.1 Å². The number of nitrogens with one attached hydrogen (secondary N) is 2. The van der Waals surface area contributed by atoms with Crippen LogP contribution >= 0.6 is 27.3 Å². The molecule has 1 unspecified atom stereocenters. The minimum Gasteiger partial charge on any atom is -0.482 e. The van der Waals surface area contributed by atoms with Crippen LogP contribution in [0.5, 0.6) is 5.75 Å². The Hall–Kier alpha value is -1.37. The van der Waals surface area contributed by atoms with Gasteiger partial charge in [0.2, 0.25) is 0 Å². The summed E-state index contributed by atoms with van der Waals surface area (Å²) in [5, 5.41) is 8.41. The van der Waals surface area contributed by atoms with Crippen molar-refractivity contribution in [3.05, 3.63) is 44.6 Å². The van der Waals surface area contributed by atoms with E-state index >= 15 is 0 Å². The molecule has 2 N–H and O–H groups in total. The molecule has 110 valence electrons. The van der Waals surface area contributed by atoms with Gasteiger partial charge in [-0.1, -0.05) is 13.0 Å². The molecule has 0 bridgehead atoms. The molecule has 1 aromatic carbocycles. The number of halogens is 1. The molecule has 0 saturated carbocycles. The number of carbonyl (C=O) groups is 1. The zero-order valence-corrected chi connectivity index (χ0v) is 13.9. The van der Waals surface area contributed by atoms with Gasteiger partial charge in [0, 0.05) is 9.35 Å². The van der Waals surface area contributed by atoms with Crippen molar-refractivity contribution in [2.24, 2.45) is 0 Å². The Morgan fingerprint density at radius 2 is 2.33 bits per heavy atom. The molecule has 4 nitrogen and oxygen atoms in total. The highest BCUT2D eigenvalue weighted by Crippen LogP contribution is 2.36. The molecule has 0 radical (unpaired) electrons. The lowest BCUT2D eigenvalue weighted by atomic mass is 10.0. The van der Waals surface area contributed by atoms with Crippen molar-refractivity contribution in [3.8, 4) is 5.75 Å². The molecule has 1 aromatic heterocycles. The Kier molecular flexibility index (Phi) is 4.28. The van der Waals surface area contributed by atoms with Crippen molar-refractivity contribution in [1.29, 1.82) is 0 Å². The average molecular weight is 367 g/mol. The number of thiophene rings is 1. The van der Waals surface area contributed by atoms with E-state index in [0.717, 1.165) is 28.0 Å². The molecule has 0 spiro atoms. The fraction of sp³-hybridized carbons (Fsp3) is 0.267. The number of rotatable bonds is 4. The molecule has 6 heteroatoms. The third-order valence-electron chi connectivity index (χ3n) is 3.29. The molecular weight excluding hydrogens is 352 g/mol. The molecule has 2 heterocycles. The van der Waals surface area contributed by atoms with Crippen molar-refractivity contribution in [2.75, 3.05) is 18.5 Å². The zero-order chi connectivity index (χ0) is 14.8. The Balaban J connectivity index is 1.98. The van der Waals surface area contributed by atoms with E-state index in [-0.39, 0.29) is 18.6 Å². The highest BCUT2D eigenvalue weighted by molar-refractivity contribution is 9.10. The second-order valence-corrected chi connectivity index (χ2v) is 6.52. The maximum absolute atomic E-state index is 11.5. The number of ether oxygens (including phenoxy) is 1. The third kappa shape index (κ3) is 2.97. The number of amides is 1. The summed E-state index contributed by atoms with van der Waals surface area (Å²) < 4.78 is 6.50. The molecule has 0 aliphatic carbocycles. The average Bonchev–Trinajstić information content (AvgIpc) is 2.90. The van der Waals surface area contributed by atoms with Gasteiger partial charge in [-0.25, -0.2) is 0 Å². The van der Waals surface area contributed by atoms with Crippen LogP contribution in [0.1, 0.15) is 23.4 Å². The number of anilines is 1. The number of carbonyl (C=O) groups excluding carboxylic acids is 1. The number of hydrogen-bond donors (Lipinski definition) is 2. The van der Waals surface area contributed by atoms with E-state index in [1.54, 1.807) is 11.3 Å². The standard InChI is InChI=1S/C15H15BrN2O2S/c1-2-17-14(15-10(16)5-6-21-15)9-3-4-12-11(7-9)18-13(19)8-20-12/h3-7,14,17H,2,8H2,1H3,(H,18,19). The van der Waals surface area contributed by atoms with Crippen LogP contribution in [0.2, 0.25) is 0 Å². The van der Waals surface area contributed by atoms with Crippen molar-refractivity contribution in [3.63, 3.8) is 0 Å².